The van der Waals surface area contributed by atoms with Crippen molar-refractivity contribution in [1.82, 2.24) is 10.2 Å². The van der Waals surface area contributed by atoms with E-state index in [2.05, 4.69) is 5.32 Å². The van der Waals surface area contributed by atoms with E-state index in [0.717, 1.165) is 31.2 Å². The second-order valence-electron chi connectivity index (χ2n) is 5.82. The third-order valence-corrected chi connectivity index (χ3v) is 4.70. The molecule has 1 fully saturated rings. The summed E-state index contributed by atoms with van der Waals surface area (Å²) in [5, 5.41) is 13.0. The number of urea groups is 1. The third kappa shape index (κ3) is 3.01. The molecule has 1 saturated heterocycles. The molecule has 2 heterocycles. The van der Waals surface area contributed by atoms with Crippen LogP contribution in [-0.2, 0) is 0 Å². The van der Waals surface area contributed by atoms with Gasteiger partial charge in [0.1, 0.15) is 5.75 Å². The molecule has 0 saturated carbocycles. The molecule has 2 aliphatic heterocycles. The Balaban J connectivity index is 1.78. The predicted molar refractivity (Wildman–Crippen MR) is 84.3 cm³/mol. The van der Waals surface area contributed by atoms with Gasteiger partial charge in [-0.15, -0.1) is 0 Å². The maximum Gasteiger partial charge on any atom is 0.318 e. The first-order valence-corrected chi connectivity index (χ1v) is 8.17. The molecule has 3 rings (SSSR count). The van der Waals surface area contributed by atoms with Crippen molar-refractivity contribution in [1.29, 1.82) is 0 Å². The summed E-state index contributed by atoms with van der Waals surface area (Å²) < 4.78 is 5.72. The first-order chi connectivity index (χ1) is 10.7. The van der Waals surface area contributed by atoms with E-state index in [9.17, 15) is 9.90 Å². The number of nitrogens with zero attached hydrogens (tertiary/aromatic N) is 1. The molecule has 120 valence electrons. The number of likely N-dealkylation sites (tertiary alicyclic amines) is 1. The van der Waals surface area contributed by atoms with Crippen molar-refractivity contribution in [2.75, 3.05) is 19.8 Å². The molecule has 22 heavy (non-hydrogen) atoms. The lowest BCUT2D eigenvalue weighted by molar-refractivity contribution is 0.154. The molecule has 1 aromatic rings. The van der Waals surface area contributed by atoms with E-state index in [1.807, 2.05) is 12.1 Å². The number of halogens is 1. The zero-order valence-electron chi connectivity index (χ0n) is 12.4. The van der Waals surface area contributed by atoms with Crippen LogP contribution >= 0.6 is 11.6 Å². The van der Waals surface area contributed by atoms with Crippen LogP contribution in [0.25, 0.3) is 0 Å². The van der Waals surface area contributed by atoms with Gasteiger partial charge in [-0.2, -0.15) is 0 Å². The van der Waals surface area contributed by atoms with E-state index in [4.69, 9.17) is 16.3 Å². The van der Waals surface area contributed by atoms with Crippen LogP contribution in [0.3, 0.4) is 0 Å². The summed E-state index contributed by atoms with van der Waals surface area (Å²) in [7, 11) is 0. The van der Waals surface area contributed by atoms with Crippen molar-refractivity contribution in [3.8, 4) is 5.75 Å². The van der Waals surface area contributed by atoms with E-state index in [-0.39, 0.29) is 24.7 Å². The lowest BCUT2D eigenvalue weighted by Crippen LogP contribution is -2.45. The quantitative estimate of drug-likeness (QED) is 0.879. The fraction of sp³-hybridized carbons (Fsp3) is 0.562. The molecular weight excluding hydrogens is 304 g/mol. The SMILES string of the molecule is O=C(NC1CCCOc2c(Cl)cccc21)N1CCC[C@H]1CO. The van der Waals surface area contributed by atoms with Gasteiger partial charge >= 0.3 is 6.03 Å². The molecule has 2 atom stereocenters. The minimum absolute atomic E-state index is 0.0175. The van der Waals surface area contributed by atoms with Crippen molar-refractivity contribution in [3.63, 3.8) is 0 Å². The number of hydrogen-bond acceptors (Lipinski definition) is 3. The summed E-state index contributed by atoms with van der Waals surface area (Å²) in [4.78, 5) is 14.3. The van der Waals surface area contributed by atoms with E-state index >= 15 is 0 Å². The van der Waals surface area contributed by atoms with Crippen molar-refractivity contribution in [2.24, 2.45) is 0 Å². The number of rotatable bonds is 2. The maximum atomic E-state index is 12.5. The van der Waals surface area contributed by atoms with E-state index in [0.29, 0.717) is 23.9 Å². The minimum atomic E-state index is -0.116. The fourth-order valence-corrected chi connectivity index (χ4v) is 3.48. The summed E-state index contributed by atoms with van der Waals surface area (Å²) in [6, 6.07) is 5.33. The van der Waals surface area contributed by atoms with Gasteiger partial charge in [-0.05, 0) is 31.7 Å². The molecule has 2 amide bonds. The number of carbonyl (C=O) groups is 1. The van der Waals surface area contributed by atoms with Crippen LogP contribution < -0.4 is 10.1 Å². The number of benzene rings is 1. The van der Waals surface area contributed by atoms with Crippen LogP contribution in [0, 0.1) is 0 Å². The van der Waals surface area contributed by atoms with Gasteiger partial charge in [-0.1, -0.05) is 23.7 Å². The smallest absolute Gasteiger partial charge is 0.318 e. The van der Waals surface area contributed by atoms with E-state index in [1.54, 1.807) is 11.0 Å². The largest absolute Gasteiger partial charge is 0.492 e. The molecule has 0 bridgehead atoms. The van der Waals surface area contributed by atoms with E-state index in [1.165, 1.54) is 0 Å². The number of amides is 2. The highest BCUT2D eigenvalue weighted by molar-refractivity contribution is 6.32. The van der Waals surface area contributed by atoms with Gasteiger partial charge in [0.05, 0.1) is 30.3 Å². The fourth-order valence-electron chi connectivity index (χ4n) is 3.24. The summed E-state index contributed by atoms with van der Waals surface area (Å²) in [6.45, 7) is 1.32. The monoisotopic (exact) mass is 324 g/mol. The summed E-state index contributed by atoms with van der Waals surface area (Å²) in [5.74, 6) is 0.673. The Morgan fingerprint density at radius 3 is 3.09 bits per heavy atom. The van der Waals surface area contributed by atoms with Crippen molar-refractivity contribution in [3.05, 3.63) is 28.8 Å². The van der Waals surface area contributed by atoms with Crippen LogP contribution in [0.4, 0.5) is 4.79 Å². The summed E-state index contributed by atoms with van der Waals surface area (Å²) in [6.07, 6.45) is 3.48. The Morgan fingerprint density at radius 2 is 2.27 bits per heavy atom. The molecule has 1 unspecified atom stereocenters. The van der Waals surface area contributed by atoms with Crippen LogP contribution in [-0.4, -0.2) is 41.8 Å². The molecule has 5 nitrogen and oxygen atoms in total. The number of aliphatic hydroxyl groups is 1. The van der Waals surface area contributed by atoms with Gasteiger partial charge in [0, 0.05) is 12.1 Å². The van der Waals surface area contributed by atoms with Gasteiger partial charge in [0.15, 0.2) is 0 Å². The number of aliphatic hydroxyl groups excluding tert-OH is 1. The zero-order valence-corrected chi connectivity index (χ0v) is 13.2. The predicted octanol–water partition coefficient (Wildman–Crippen LogP) is 2.72. The topological polar surface area (TPSA) is 61.8 Å². The molecular formula is C16H21ClN2O3. The Labute approximate surface area is 135 Å². The van der Waals surface area contributed by atoms with Crippen LogP contribution in [0.2, 0.25) is 5.02 Å². The second kappa shape index (κ2) is 6.75. The Morgan fingerprint density at radius 1 is 1.41 bits per heavy atom. The van der Waals surface area contributed by atoms with Crippen LogP contribution in [0.1, 0.15) is 37.3 Å². The Bertz CT molecular complexity index is 552. The van der Waals surface area contributed by atoms with Crippen molar-refractivity contribution < 1.29 is 14.6 Å². The van der Waals surface area contributed by atoms with Crippen LogP contribution in [0.15, 0.2) is 18.2 Å². The van der Waals surface area contributed by atoms with Gasteiger partial charge in [0.2, 0.25) is 0 Å². The Hall–Kier alpha value is -1.46. The lowest BCUT2D eigenvalue weighted by atomic mass is 10.0. The highest BCUT2D eigenvalue weighted by Crippen LogP contribution is 2.37. The second-order valence-corrected chi connectivity index (χ2v) is 6.23. The molecule has 0 spiro atoms. The number of carbonyl (C=O) groups excluding carboxylic acids is 1. The number of ether oxygens (including phenoxy) is 1. The minimum Gasteiger partial charge on any atom is -0.492 e. The van der Waals surface area contributed by atoms with E-state index < -0.39 is 0 Å². The zero-order chi connectivity index (χ0) is 15.5. The number of fused-ring (bicyclic) bond motifs is 1. The average molecular weight is 325 g/mol. The van der Waals surface area contributed by atoms with Gasteiger partial charge in [0.25, 0.3) is 0 Å². The normalized spacial score (nSPS) is 24.4. The number of para-hydroxylation sites is 1. The molecule has 2 aliphatic rings. The maximum absolute atomic E-state index is 12.5. The standard InChI is InChI=1S/C16H21ClN2O3/c17-13-6-1-5-12-14(7-3-9-22-15(12)13)18-16(21)19-8-2-4-11(19)10-20/h1,5-6,11,14,20H,2-4,7-10H2,(H,18,21)/t11-,14?/m0/s1. The highest BCUT2D eigenvalue weighted by atomic mass is 35.5. The lowest BCUT2D eigenvalue weighted by Gasteiger charge is -2.27. The molecule has 1 aromatic carbocycles. The van der Waals surface area contributed by atoms with Crippen molar-refractivity contribution >= 4 is 17.6 Å². The number of hydrogen-bond donors (Lipinski definition) is 2. The van der Waals surface area contributed by atoms with Crippen molar-refractivity contribution in [2.45, 2.75) is 37.8 Å². The Kier molecular flexibility index (Phi) is 4.74. The summed E-state index contributed by atoms with van der Waals surface area (Å²) in [5.41, 5.74) is 0.929. The highest BCUT2D eigenvalue weighted by Gasteiger charge is 2.31. The van der Waals surface area contributed by atoms with Gasteiger partial charge in [-0.25, -0.2) is 4.79 Å². The average Bonchev–Trinajstić information content (AvgIpc) is 2.91. The first kappa shape index (κ1) is 15.4. The summed E-state index contributed by atoms with van der Waals surface area (Å²) >= 11 is 6.21. The van der Waals surface area contributed by atoms with Gasteiger partial charge in [-0.3, -0.25) is 0 Å². The number of nitrogens with one attached hydrogen (secondary N) is 1. The van der Waals surface area contributed by atoms with Gasteiger partial charge < -0.3 is 20.1 Å². The first-order valence-electron chi connectivity index (χ1n) is 7.80. The molecule has 0 radical (unpaired) electrons. The molecule has 0 aromatic heterocycles. The molecule has 6 heteroatoms. The molecule has 0 aliphatic carbocycles. The van der Waals surface area contributed by atoms with Crippen LogP contribution in [0.5, 0.6) is 5.75 Å². The molecule has 2 N–H and O–H groups in total. The third-order valence-electron chi connectivity index (χ3n) is 4.40.